The minimum absolute atomic E-state index is 0.0869. The number of anilines is 2. The summed E-state index contributed by atoms with van der Waals surface area (Å²) in [6.07, 6.45) is 2.83. The van der Waals surface area contributed by atoms with Gasteiger partial charge >= 0.3 is 0 Å². The van der Waals surface area contributed by atoms with Gasteiger partial charge in [-0.2, -0.15) is 0 Å². The van der Waals surface area contributed by atoms with E-state index in [0.717, 1.165) is 54.3 Å². The molecule has 5 rings (SSSR count). The van der Waals surface area contributed by atoms with E-state index in [2.05, 4.69) is 71.7 Å². The maximum absolute atomic E-state index is 12.0. The second kappa shape index (κ2) is 8.95. The summed E-state index contributed by atoms with van der Waals surface area (Å²) in [6, 6.07) is 21.1. The molecule has 34 heavy (non-hydrogen) atoms. The molecule has 6 heteroatoms. The van der Waals surface area contributed by atoms with E-state index in [0.29, 0.717) is 11.7 Å². The number of aromatic nitrogens is 2. The summed E-state index contributed by atoms with van der Waals surface area (Å²) in [4.78, 5) is 21.3. The molecule has 1 aliphatic heterocycles. The Bertz CT molecular complexity index is 1340. The second-order valence-corrected chi connectivity index (χ2v) is 9.35. The Morgan fingerprint density at radius 3 is 2.62 bits per heavy atom. The van der Waals surface area contributed by atoms with Crippen molar-refractivity contribution >= 4 is 22.9 Å². The molecule has 2 aromatic heterocycles. The van der Waals surface area contributed by atoms with Crippen LogP contribution in [-0.2, 0) is 24.3 Å². The Hall–Kier alpha value is -3.64. The molecule has 2 aromatic carbocycles. The van der Waals surface area contributed by atoms with E-state index < -0.39 is 0 Å². The Balaban J connectivity index is 1.58. The lowest BCUT2D eigenvalue weighted by molar-refractivity contribution is -0.116. The number of hydrogen-bond acceptors (Lipinski definition) is 4. The first-order valence-corrected chi connectivity index (χ1v) is 11.9. The smallest absolute Gasteiger partial charge is 0.223 e. The highest BCUT2D eigenvalue weighted by Gasteiger charge is 2.24. The summed E-state index contributed by atoms with van der Waals surface area (Å²) in [6.45, 7) is 8.41. The Labute approximate surface area is 200 Å². The number of hydrogen-bond donors (Lipinski definition) is 1. The number of imidazole rings is 1. The summed E-state index contributed by atoms with van der Waals surface area (Å²) in [5.41, 5.74) is 14.4. The predicted octanol–water partition coefficient (Wildman–Crippen LogP) is 4.90. The molecule has 174 valence electrons. The monoisotopic (exact) mass is 453 g/mol. The molecule has 3 heterocycles. The SMILES string of the molecule is CC(=O)N1CCc2cc(-c3nc4ccc(N)cn4c3CN(Cc3ccccc3)C(C)C)ccc21. The largest absolute Gasteiger partial charge is 0.398 e. The third-order valence-corrected chi connectivity index (χ3v) is 6.68. The first-order chi connectivity index (χ1) is 16.4. The fourth-order valence-corrected chi connectivity index (χ4v) is 4.80. The number of amides is 1. The van der Waals surface area contributed by atoms with Gasteiger partial charge in [0.2, 0.25) is 5.91 Å². The molecule has 0 bridgehead atoms. The van der Waals surface area contributed by atoms with Crippen LogP contribution in [0.4, 0.5) is 11.4 Å². The standard InChI is InChI=1S/C28H31N5O/c1-19(2)31(16-21-7-5-4-6-8-21)18-26-28(30-27-12-10-24(29)17-33(26)27)23-9-11-25-22(15-23)13-14-32(25)20(3)34/h4-12,15,17,19H,13-14,16,18,29H2,1-3H3. The minimum Gasteiger partial charge on any atom is -0.398 e. The van der Waals surface area contributed by atoms with Crippen molar-refractivity contribution in [2.45, 2.75) is 46.3 Å². The second-order valence-electron chi connectivity index (χ2n) is 9.35. The molecule has 2 N–H and O–H groups in total. The Morgan fingerprint density at radius 1 is 1.09 bits per heavy atom. The number of benzene rings is 2. The number of rotatable bonds is 6. The van der Waals surface area contributed by atoms with Gasteiger partial charge in [0.15, 0.2) is 0 Å². The highest BCUT2D eigenvalue weighted by molar-refractivity contribution is 5.94. The number of carbonyl (C=O) groups is 1. The van der Waals surface area contributed by atoms with E-state index in [4.69, 9.17) is 10.7 Å². The van der Waals surface area contributed by atoms with Gasteiger partial charge in [0.05, 0.1) is 11.4 Å². The molecule has 1 aliphatic rings. The molecule has 4 aromatic rings. The predicted molar refractivity (Wildman–Crippen MR) is 138 cm³/mol. The number of nitrogen functional groups attached to an aromatic ring is 1. The van der Waals surface area contributed by atoms with Gasteiger partial charge in [-0.3, -0.25) is 9.69 Å². The lowest BCUT2D eigenvalue weighted by Crippen LogP contribution is -2.30. The summed E-state index contributed by atoms with van der Waals surface area (Å²) in [5.74, 6) is 0.0869. The van der Waals surface area contributed by atoms with Gasteiger partial charge in [0, 0.05) is 55.7 Å². The van der Waals surface area contributed by atoms with Crippen molar-refractivity contribution in [3.63, 3.8) is 0 Å². The van der Waals surface area contributed by atoms with Crippen molar-refractivity contribution in [2.75, 3.05) is 17.2 Å². The fraction of sp³-hybridized carbons (Fsp3) is 0.286. The van der Waals surface area contributed by atoms with Crippen molar-refractivity contribution in [1.29, 1.82) is 0 Å². The highest BCUT2D eigenvalue weighted by Crippen LogP contribution is 2.34. The van der Waals surface area contributed by atoms with Crippen LogP contribution in [0.1, 0.15) is 37.6 Å². The molecule has 1 amide bonds. The highest BCUT2D eigenvalue weighted by atomic mass is 16.2. The summed E-state index contributed by atoms with van der Waals surface area (Å²) in [5, 5.41) is 0. The third kappa shape index (κ3) is 4.17. The lowest BCUT2D eigenvalue weighted by atomic mass is 10.0. The summed E-state index contributed by atoms with van der Waals surface area (Å²) >= 11 is 0. The zero-order chi connectivity index (χ0) is 23.8. The van der Waals surface area contributed by atoms with Crippen molar-refractivity contribution in [1.82, 2.24) is 14.3 Å². The van der Waals surface area contributed by atoms with Crippen LogP contribution in [0.25, 0.3) is 16.9 Å². The molecular weight excluding hydrogens is 422 g/mol. The molecule has 0 radical (unpaired) electrons. The molecule has 0 spiro atoms. The quantitative estimate of drug-likeness (QED) is 0.451. The van der Waals surface area contributed by atoms with Crippen LogP contribution in [0.5, 0.6) is 0 Å². The van der Waals surface area contributed by atoms with E-state index in [9.17, 15) is 4.79 Å². The zero-order valence-electron chi connectivity index (χ0n) is 20.0. The van der Waals surface area contributed by atoms with Crippen LogP contribution in [0.3, 0.4) is 0 Å². The van der Waals surface area contributed by atoms with Gasteiger partial charge in [-0.15, -0.1) is 0 Å². The zero-order valence-corrected chi connectivity index (χ0v) is 20.0. The van der Waals surface area contributed by atoms with E-state index in [1.807, 2.05) is 23.2 Å². The Kier molecular flexibility index (Phi) is 5.84. The average Bonchev–Trinajstić information content (AvgIpc) is 3.40. The van der Waals surface area contributed by atoms with Gasteiger partial charge in [-0.1, -0.05) is 36.4 Å². The first kappa shape index (κ1) is 22.2. The van der Waals surface area contributed by atoms with E-state index in [-0.39, 0.29) is 5.91 Å². The maximum atomic E-state index is 12.0. The molecule has 6 nitrogen and oxygen atoms in total. The van der Waals surface area contributed by atoms with Crippen LogP contribution in [0, 0.1) is 0 Å². The van der Waals surface area contributed by atoms with Crippen molar-refractivity contribution in [2.24, 2.45) is 0 Å². The molecule has 0 saturated carbocycles. The van der Waals surface area contributed by atoms with E-state index >= 15 is 0 Å². The lowest BCUT2D eigenvalue weighted by Gasteiger charge is -2.27. The first-order valence-electron chi connectivity index (χ1n) is 11.9. The van der Waals surface area contributed by atoms with Gasteiger partial charge < -0.3 is 15.0 Å². The summed E-state index contributed by atoms with van der Waals surface area (Å²) < 4.78 is 2.13. The third-order valence-electron chi connectivity index (χ3n) is 6.68. The average molecular weight is 454 g/mol. The van der Waals surface area contributed by atoms with Gasteiger partial charge in [0.1, 0.15) is 5.65 Å². The van der Waals surface area contributed by atoms with Gasteiger partial charge in [-0.05, 0) is 55.7 Å². The van der Waals surface area contributed by atoms with Gasteiger partial charge in [0.25, 0.3) is 0 Å². The Morgan fingerprint density at radius 2 is 1.88 bits per heavy atom. The van der Waals surface area contributed by atoms with Gasteiger partial charge in [-0.25, -0.2) is 4.98 Å². The summed E-state index contributed by atoms with van der Waals surface area (Å²) in [7, 11) is 0. The molecular formula is C28H31N5O. The molecule has 0 saturated heterocycles. The van der Waals surface area contributed by atoms with Crippen LogP contribution in [0.15, 0.2) is 66.9 Å². The maximum Gasteiger partial charge on any atom is 0.223 e. The fourth-order valence-electron chi connectivity index (χ4n) is 4.80. The van der Waals surface area contributed by atoms with Crippen LogP contribution < -0.4 is 10.6 Å². The van der Waals surface area contributed by atoms with E-state index in [1.165, 1.54) is 11.1 Å². The number of nitrogens with two attached hydrogens (primary N) is 1. The minimum atomic E-state index is 0.0869. The molecule has 0 fully saturated rings. The normalized spacial score (nSPS) is 13.3. The molecule has 0 unspecified atom stereocenters. The molecule has 0 atom stereocenters. The molecule has 0 aliphatic carbocycles. The van der Waals surface area contributed by atoms with Crippen molar-refractivity contribution in [3.05, 3.63) is 83.7 Å². The van der Waals surface area contributed by atoms with Crippen molar-refractivity contribution < 1.29 is 4.79 Å². The number of fused-ring (bicyclic) bond motifs is 2. The van der Waals surface area contributed by atoms with Crippen LogP contribution in [-0.4, -0.2) is 32.8 Å². The van der Waals surface area contributed by atoms with Crippen LogP contribution in [0.2, 0.25) is 0 Å². The topological polar surface area (TPSA) is 66.9 Å². The number of nitrogens with zero attached hydrogens (tertiary/aromatic N) is 4. The van der Waals surface area contributed by atoms with E-state index in [1.54, 1.807) is 6.92 Å². The van der Waals surface area contributed by atoms with Crippen LogP contribution >= 0.6 is 0 Å². The number of pyridine rings is 1. The van der Waals surface area contributed by atoms with Crippen molar-refractivity contribution in [3.8, 4) is 11.3 Å². The number of carbonyl (C=O) groups excluding carboxylic acids is 1.